The number of carbonyl (C=O) groups is 1. The number of rotatable bonds is 2. The molecule has 5 nitrogen and oxygen atoms in total. The van der Waals surface area contributed by atoms with Gasteiger partial charge < -0.3 is 14.7 Å². The molecule has 1 saturated heterocycles. The van der Waals surface area contributed by atoms with E-state index < -0.39 is 5.60 Å². The Balaban J connectivity index is 2.03. The molecule has 1 aromatic heterocycles. The lowest BCUT2D eigenvalue weighted by molar-refractivity contribution is 0.0119. The van der Waals surface area contributed by atoms with Crippen molar-refractivity contribution in [3.8, 4) is 0 Å². The first kappa shape index (κ1) is 15.8. The minimum absolute atomic E-state index is 0.0478. The molecule has 0 bridgehead atoms. The largest absolute Gasteiger partial charge is 0.444 e. The van der Waals surface area contributed by atoms with Gasteiger partial charge in [0.25, 0.3) is 0 Å². The van der Waals surface area contributed by atoms with Crippen LogP contribution in [-0.4, -0.2) is 46.4 Å². The van der Waals surface area contributed by atoms with Crippen LogP contribution in [0.1, 0.15) is 39.3 Å². The molecule has 1 amide bonds. The predicted octanol–water partition coefficient (Wildman–Crippen LogP) is 2.34. The number of nitrogens with zero attached hydrogens (tertiary/aromatic N) is 2. The van der Waals surface area contributed by atoms with Crippen LogP contribution in [0.15, 0.2) is 24.4 Å². The van der Waals surface area contributed by atoms with Crippen LogP contribution in [-0.2, 0) is 10.2 Å². The number of aromatic nitrogens is 1. The quantitative estimate of drug-likeness (QED) is 0.909. The lowest BCUT2D eigenvalue weighted by Crippen LogP contribution is -2.48. The number of pyridine rings is 1. The van der Waals surface area contributed by atoms with Gasteiger partial charge in [-0.3, -0.25) is 4.98 Å². The molecule has 5 heteroatoms. The number of piperidine rings is 1. The van der Waals surface area contributed by atoms with Gasteiger partial charge >= 0.3 is 6.09 Å². The van der Waals surface area contributed by atoms with Crippen LogP contribution in [0, 0.1) is 0 Å². The fourth-order valence-electron chi connectivity index (χ4n) is 2.62. The van der Waals surface area contributed by atoms with Crippen LogP contribution < -0.4 is 0 Å². The molecule has 0 radical (unpaired) electrons. The Hall–Kier alpha value is -1.62. The molecular formula is C16H24N2O3. The van der Waals surface area contributed by atoms with Crippen molar-refractivity contribution in [1.82, 2.24) is 9.88 Å². The zero-order chi connectivity index (χ0) is 15.5. The SMILES string of the molecule is CC(C)(C)OC(=O)N1CCC(CO)(c2ccccn2)CC1. The van der Waals surface area contributed by atoms with Gasteiger partial charge in [-0.2, -0.15) is 0 Å². The maximum absolute atomic E-state index is 12.1. The van der Waals surface area contributed by atoms with Crippen molar-refractivity contribution < 1.29 is 14.6 Å². The van der Waals surface area contributed by atoms with E-state index in [9.17, 15) is 9.90 Å². The molecule has 0 unspecified atom stereocenters. The number of ether oxygens (including phenoxy) is 1. The summed E-state index contributed by atoms with van der Waals surface area (Å²) in [4.78, 5) is 18.2. The van der Waals surface area contributed by atoms with Gasteiger partial charge in [0.2, 0.25) is 0 Å². The van der Waals surface area contributed by atoms with Crippen molar-refractivity contribution in [3.05, 3.63) is 30.1 Å². The molecule has 1 fully saturated rings. The third-order valence-corrected chi connectivity index (χ3v) is 3.88. The predicted molar refractivity (Wildman–Crippen MR) is 80.0 cm³/mol. The van der Waals surface area contributed by atoms with Gasteiger partial charge in [-0.25, -0.2) is 4.79 Å². The molecule has 2 heterocycles. The minimum Gasteiger partial charge on any atom is -0.444 e. The van der Waals surface area contributed by atoms with Crippen molar-refractivity contribution in [2.45, 2.75) is 44.6 Å². The maximum Gasteiger partial charge on any atom is 0.410 e. The lowest BCUT2D eigenvalue weighted by atomic mass is 9.76. The van der Waals surface area contributed by atoms with E-state index >= 15 is 0 Å². The number of aliphatic hydroxyl groups excluding tert-OH is 1. The molecule has 21 heavy (non-hydrogen) atoms. The summed E-state index contributed by atoms with van der Waals surface area (Å²) in [6.45, 7) is 6.78. The molecule has 2 rings (SSSR count). The topological polar surface area (TPSA) is 62.7 Å². The van der Waals surface area contributed by atoms with Gasteiger partial charge in [-0.1, -0.05) is 6.07 Å². The van der Waals surface area contributed by atoms with Gasteiger partial charge in [0.15, 0.2) is 0 Å². The van der Waals surface area contributed by atoms with Gasteiger partial charge in [0.05, 0.1) is 6.61 Å². The Kier molecular flexibility index (Phi) is 4.52. The Morgan fingerprint density at radius 2 is 2.05 bits per heavy atom. The second-order valence-corrected chi connectivity index (χ2v) is 6.62. The molecule has 1 aromatic rings. The highest BCUT2D eigenvalue weighted by Gasteiger charge is 2.38. The molecule has 0 aliphatic carbocycles. The highest BCUT2D eigenvalue weighted by molar-refractivity contribution is 5.68. The maximum atomic E-state index is 12.1. The van der Waals surface area contributed by atoms with Gasteiger partial charge in [-0.05, 0) is 45.7 Å². The van der Waals surface area contributed by atoms with E-state index in [4.69, 9.17) is 4.74 Å². The normalized spacial score (nSPS) is 18.4. The van der Waals surface area contributed by atoms with Crippen LogP contribution in [0.2, 0.25) is 0 Å². The van der Waals surface area contributed by atoms with Crippen LogP contribution in [0.3, 0.4) is 0 Å². The van der Waals surface area contributed by atoms with Crippen molar-refractivity contribution in [2.75, 3.05) is 19.7 Å². The summed E-state index contributed by atoms with van der Waals surface area (Å²) in [6.07, 6.45) is 2.85. The minimum atomic E-state index is -0.483. The average Bonchev–Trinajstić information content (AvgIpc) is 2.46. The highest BCUT2D eigenvalue weighted by Crippen LogP contribution is 2.34. The van der Waals surface area contributed by atoms with Crippen LogP contribution >= 0.6 is 0 Å². The highest BCUT2D eigenvalue weighted by atomic mass is 16.6. The summed E-state index contributed by atoms with van der Waals surface area (Å²) in [5, 5.41) is 9.83. The number of carbonyl (C=O) groups excluding carboxylic acids is 1. The first-order valence-corrected chi connectivity index (χ1v) is 7.37. The molecule has 116 valence electrons. The van der Waals surface area contributed by atoms with Gasteiger partial charge in [0, 0.05) is 30.4 Å². The monoisotopic (exact) mass is 292 g/mol. The molecular weight excluding hydrogens is 268 g/mol. The van der Waals surface area contributed by atoms with Gasteiger partial charge in [-0.15, -0.1) is 0 Å². The average molecular weight is 292 g/mol. The number of likely N-dealkylation sites (tertiary alicyclic amines) is 1. The third-order valence-electron chi connectivity index (χ3n) is 3.88. The summed E-state index contributed by atoms with van der Waals surface area (Å²) < 4.78 is 5.39. The first-order valence-electron chi connectivity index (χ1n) is 7.37. The van der Waals surface area contributed by atoms with Crippen LogP contribution in [0.25, 0.3) is 0 Å². The molecule has 0 aromatic carbocycles. The van der Waals surface area contributed by atoms with Crippen LogP contribution in [0.4, 0.5) is 4.79 Å². The Morgan fingerprint density at radius 1 is 1.38 bits per heavy atom. The van der Waals surface area contributed by atoms with E-state index in [2.05, 4.69) is 4.98 Å². The van der Waals surface area contributed by atoms with E-state index in [1.807, 2.05) is 39.0 Å². The number of hydrogen-bond acceptors (Lipinski definition) is 4. The molecule has 1 N–H and O–H groups in total. The van der Waals surface area contributed by atoms with E-state index in [-0.39, 0.29) is 18.1 Å². The van der Waals surface area contributed by atoms with Crippen LogP contribution in [0.5, 0.6) is 0 Å². The molecule has 0 spiro atoms. The second-order valence-electron chi connectivity index (χ2n) is 6.62. The fraction of sp³-hybridized carbons (Fsp3) is 0.625. The van der Waals surface area contributed by atoms with E-state index in [0.717, 1.165) is 5.69 Å². The zero-order valence-electron chi connectivity index (χ0n) is 13.0. The van der Waals surface area contributed by atoms with Crippen molar-refractivity contribution in [2.24, 2.45) is 0 Å². The fourth-order valence-corrected chi connectivity index (χ4v) is 2.62. The molecule has 0 atom stereocenters. The van der Waals surface area contributed by atoms with Gasteiger partial charge in [0.1, 0.15) is 5.60 Å². The molecule has 1 aliphatic rings. The van der Waals surface area contributed by atoms with Crippen molar-refractivity contribution >= 4 is 6.09 Å². The summed E-state index contributed by atoms with van der Waals surface area (Å²) in [5.74, 6) is 0. The Labute approximate surface area is 125 Å². The Morgan fingerprint density at radius 3 is 2.52 bits per heavy atom. The standard InChI is InChI=1S/C16H24N2O3/c1-15(2,3)21-14(20)18-10-7-16(12-19,8-11-18)13-6-4-5-9-17-13/h4-6,9,19H,7-8,10-12H2,1-3H3. The van der Waals surface area contributed by atoms with E-state index in [1.165, 1.54) is 0 Å². The third kappa shape index (κ3) is 3.73. The number of amides is 1. The summed E-state index contributed by atoms with van der Waals surface area (Å²) in [5.41, 5.74) is 0.0694. The van der Waals surface area contributed by atoms with E-state index in [0.29, 0.717) is 25.9 Å². The first-order chi connectivity index (χ1) is 9.86. The van der Waals surface area contributed by atoms with E-state index in [1.54, 1.807) is 11.1 Å². The number of hydrogen-bond donors (Lipinski definition) is 1. The van der Waals surface area contributed by atoms with Crippen molar-refractivity contribution in [3.63, 3.8) is 0 Å². The van der Waals surface area contributed by atoms with Crippen molar-refractivity contribution in [1.29, 1.82) is 0 Å². The second kappa shape index (κ2) is 6.02. The Bertz CT molecular complexity index is 474. The smallest absolute Gasteiger partial charge is 0.410 e. The summed E-state index contributed by atoms with van der Waals surface area (Å²) in [7, 11) is 0. The number of aliphatic hydroxyl groups is 1. The lowest BCUT2D eigenvalue weighted by Gasteiger charge is -2.40. The summed E-state index contributed by atoms with van der Waals surface area (Å²) in [6, 6.07) is 5.74. The summed E-state index contributed by atoms with van der Waals surface area (Å²) >= 11 is 0. The molecule has 1 aliphatic heterocycles. The molecule has 0 saturated carbocycles. The zero-order valence-corrected chi connectivity index (χ0v) is 13.0.